The van der Waals surface area contributed by atoms with E-state index in [0.29, 0.717) is 5.92 Å². The van der Waals surface area contributed by atoms with Gasteiger partial charge in [0.2, 0.25) is 0 Å². The molecule has 0 N–H and O–H groups in total. The quantitative estimate of drug-likeness (QED) is 0.472. The van der Waals surface area contributed by atoms with Crippen molar-refractivity contribution in [1.29, 1.82) is 0 Å². The molecule has 0 atom stereocenters. The van der Waals surface area contributed by atoms with Crippen molar-refractivity contribution in [2.75, 3.05) is 20.2 Å². The van der Waals surface area contributed by atoms with Gasteiger partial charge in [0.15, 0.2) is 6.79 Å². The Morgan fingerprint density at radius 2 is 1.71 bits per heavy atom. The zero-order valence-corrected chi connectivity index (χ0v) is 16.4. The van der Waals surface area contributed by atoms with Crippen molar-refractivity contribution >= 4 is 11.8 Å². The molecule has 0 aliphatic rings. The van der Waals surface area contributed by atoms with Crippen LogP contribution in [0.3, 0.4) is 0 Å². The molecule has 0 unspecified atom stereocenters. The molecule has 130 valence electrons. The molecular formula is C21H28O2S. The number of ether oxygens (including phenoxy) is 2. The normalized spacial score (nSPS) is 11.1. The fourth-order valence-electron chi connectivity index (χ4n) is 2.97. The van der Waals surface area contributed by atoms with Gasteiger partial charge in [0.05, 0.1) is 0 Å². The summed E-state index contributed by atoms with van der Waals surface area (Å²) in [6, 6.07) is 11.1. The van der Waals surface area contributed by atoms with Gasteiger partial charge in [-0.05, 0) is 78.5 Å². The summed E-state index contributed by atoms with van der Waals surface area (Å²) in [6.07, 6.45) is 3.08. The molecular weight excluding hydrogens is 316 g/mol. The zero-order valence-electron chi connectivity index (χ0n) is 15.6. The predicted molar refractivity (Wildman–Crippen MR) is 104 cm³/mol. The van der Waals surface area contributed by atoms with E-state index in [1.54, 1.807) is 18.9 Å². The average molecular weight is 345 g/mol. The maximum absolute atomic E-state index is 5.71. The molecule has 0 radical (unpaired) electrons. The number of methoxy groups -OCH3 is 1. The fourth-order valence-corrected chi connectivity index (χ4v) is 3.56. The molecule has 0 aromatic heterocycles. The van der Waals surface area contributed by atoms with Crippen LogP contribution >= 0.6 is 11.8 Å². The van der Waals surface area contributed by atoms with E-state index >= 15 is 0 Å². The van der Waals surface area contributed by atoms with E-state index in [1.165, 1.54) is 32.7 Å². The summed E-state index contributed by atoms with van der Waals surface area (Å²) in [5.41, 5.74) is 6.72. The Hall–Kier alpha value is -1.45. The van der Waals surface area contributed by atoms with Gasteiger partial charge in [0, 0.05) is 12.0 Å². The van der Waals surface area contributed by atoms with Crippen molar-refractivity contribution in [3.8, 4) is 5.75 Å². The second kappa shape index (κ2) is 8.59. The van der Waals surface area contributed by atoms with Crippen LogP contribution < -0.4 is 4.74 Å². The number of aryl methyl sites for hydroxylation is 2. The smallest absolute Gasteiger partial charge is 0.188 e. The summed E-state index contributed by atoms with van der Waals surface area (Å²) >= 11 is 1.80. The monoisotopic (exact) mass is 344 g/mol. The third-order valence-electron chi connectivity index (χ3n) is 4.31. The number of hydrogen-bond donors (Lipinski definition) is 0. The maximum atomic E-state index is 5.71. The van der Waals surface area contributed by atoms with Crippen molar-refractivity contribution in [2.24, 2.45) is 0 Å². The SMILES string of the molecule is COCOc1ccc(Cc2c(C)cc(SC)cc2C)cc1C(C)C. The number of rotatable bonds is 7. The Balaban J connectivity index is 2.32. The number of hydrogen-bond acceptors (Lipinski definition) is 3. The fraction of sp³-hybridized carbons (Fsp3) is 0.429. The third kappa shape index (κ3) is 4.55. The van der Waals surface area contributed by atoms with Crippen molar-refractivity contribution in [1.82, 2.24) is 0 Å². The molecule has 0 aliphatic heterocycles. The second-order valence-electron chi connectivity index (χ2n) is 6.49. The van der Waals surface area contributed by atoms with Crippen molar-refractivity contribution in [2.45, 2.75) is 44.9 Å². The molecule has 2 nitrogen and oxygen atoms in total. The second-order valence-corrected chi connectivity index (χ2v) is 7.37. The minimum Gasteiger partial charge on any atom is -0.467 e. The van der Waals surface area contributed by atoms with Gasteiger partial charge in [0.25, 0.3) is 0 Å². The summed E-state index contributed by atoms with van der Waals surface area (Å²) in [7, 11) is 1.65. The molecule has 0 saturated heterocycles. The summed E-state index contributed by atoms with van der Waals surface area (Å²) in [5.74, 6) is 1.33. The summed E-state index contributed by atoms with van der Waals surface area (Å²) in [4.78, 5) is 1.33. The lowest BCUT2D eigenvalue weighted by atomic mass is 9.93. The molecule has 0 spiro atoms. The number of benzene rings is 2. The van der Waals surface area contributed by atoms with Gasteiger partial charge in [0.1, 0.15) is 5.75 Å². The minimum absolute atomic E-state index is 0.285. The molecule has 3 heteroatoms. The van der Waals surface area contributed by atoms with Gasteiger partial charge in [-0.1, -0.05) is 26.0 Å². The first kappa shape index (κ1) is 18.9. The first-order valence-corrected chi connectivity index (χ1v) is 9.57. The van der Waals surface area contributed by atoms with Crippen LogP contribution in [0.5, 0.6) is 5.75 Å². The third-order valence-corrected chi connectivity index (χ3v) is 5.02. The molecule has 2 aromatic carbocycles. The van der Waals surface area contributed by atoms with Gasteiger partial charge in [-0.3, -0.25) is 0 Å². The first-order chi connectivity index (χ1) is 11.5. The van der Waals surface area contributed by atoms with E-state index in [2.05, 4.69) is 64.3 Å². The van der Waals surface area contributed by atoms with E-state index < -0.39 is 0 Å². The van der Waals surface area contributed by atoms with Crippen LogP contribution in [0.15, 0.2) is 35.2 Å². The molecule has 0 saturated carbocycles. The molecule has 0 aliphatic carbocycles. The Kier molecular flexibility index (Phi) is 6.76. The summed E-state index contributed by atoms with van der Waals surface area (Å²) < 4.78 is 10.7. The lowest BCUT2D eigenvalue weighted by Crippen LogP contribution is -2.04. The summed E-state index contributed by atoms with van der Waals surface area (Å²) in [5, 5.41) is 0. The van der Waals surface area contributed by atoms with Gasteiger partial charge in [-0.15, -0.1) is 11.8 Å². The summed E-state index contributed by atoms with van der Waals surface area (Å²) in [6.45, 7) is 9.10. The Morgan fingerprint density at radius 3 is 2.25 bits per heavy atom. The molecule has 0 fully saturated rings. The lowest BCUT2D eigenvalue weighted by molar-refractivity contribution is 0.0502. The number of thioether (sulfide) groups is 1. The Morgan fingerprint density at radius 1 is 1.04 bits per heavy atom. The van der Waals surface area contributed by atoms with Gasteiger partial charge < -0.3 is 9.47 Å². The molecule has 2 rings (SSSR count). The Bertz CT molecular complexity index is 669. The highest BCUT2D eigenvalue weighted by atomic mass is 32.2. The highest BCUT2D eigenvalue weighted by molar-refractivity contribution is 7.98. The maximum Gasteiger partial charge on any atom is 0.188 e. The Labute approximate surface area is 150 Å². The van der Waals surface area contributed by atoms with Crippen LogP contribution in [-0.2, 0) is 11.2 Å². The van der Waals surface area contributed by atoms with Crippen LogP contribution in [0.2, 0.25) is 0 Å². The molecule has 0 bridgehead atoms. The van der Waals surface area contributed by atoms with Crippen molar-refractivity contribution in [3.05, 3.63) is 58.1 Å². The molecule has 2 aromatic rings. The van der Waals surface area contributed by atoms with Crippen LogP contribution in [-0.4, -0.2) is 20.2 Å². The molecule has 24 heavy (non-hydrogen) atoms. The zero-order chi connectivity index (χ0) is 17.7. The van der Waals surface area contributed by atoms with Gasteiger partial charge in [-0.2, -0.15) is 0 Å². The van der Waals surface area contributed by atoms with Crippen LogP contribution in [0, 0.1) is 13.8 Å². The topological polar surface area (TPSA) is 18.5 Å². The molecule has 0 amide bonds. The first-order valence-electron chi connectivity index (χ1n) is 8.35. The van der Waals surface area contributed by atoms with E-state index in [1.807, 2.05) is 0 Å². The van der Waals surface area contributed by atoms with Crippen LogP contribution in [0.4, 0.5) is 0 Å². The molecule has 0 heterocycles. The van der Waals surface area contributed by atoms with Crippen molar-refractivity contribution in [3.63, 3.8) is 0 Å². The standard InChI is InChI=1S/C21H28O2S/c1-14(2)19-11-17(7-8-21(19)23-13-22-5)12-20-15(3)9-18(24-6)10-16(20)4/h7-11,14H,12-13H2,1-6H3. The van der Waals surface area contributed by atoms with E-state index in [9.17, 15) is 0 Å². The highest BCUT2D eigenvalue weighted by Crippen LogP contribution is 2.30. The van der Waals surface area contributed by atoms with Crippen molar-refractivity contribution < 1.29 is 9.47 Å². The highest BCUT2D eigenvalue weighted by Gasteiger charge is 2.12. The van der Waals surface area contributed by atoms with E-state index in [0.717, 1.165) is 12.2 Å². The lowest BCUT2D eigenvalue weighted by Gasteiger charge is -2.17. The van der Waals surface area contributed by atoms with Crippen LogP contribution in [0.1, 0.15) is 47.6 Å². The van der Waals surface area contributed by atoms with Crippen LogP contribution in [0.25, 0.3) is 0 Å². The largest absolute Gasteiger partial charge is 0.467 e. The minimum atomic E-state index is 0.285. The van der Waals surface area contributed by atoms with Gasteiger partial charge in [-0.25, -0.2) is 0 Å². The van der Waals surface area contributed by atoms with E-state index in [4.69, 9.17) is 9.47 Å². The predicted octanol–water partition coefficient (Wildman–Crippen LogP) is 5.72. The van der Waals surface area contributed by atoms with Gasteiger partial charge >= 0.3 is 0 Å². The average Bonchev–Trinajstić information content (AvgIpc) is 2.56. The van der Waals surface area contributed by atoms with E-state index in [-0.39, 0.29) is 6.79 Å².